The van der Waals surface area contributed by atoms with E-state index in [1.807, 2.05) is 0 Å². The number of rotatable bonds is 3. The highest BCUT2D eigenvalue weighted by atomic mass is 35.5. The van der Waals surface area contributed by atoms with Crippen molar-refractivity contribution >= 4 is 33.2 Å². The first-order valence-electron chi connectivity index (χ1n) is 5.26. The molecule has 0 atom stereocenters. The van der Waals surface area contributed by atoms with Gasteiger partial charge in [-0.25, -0.2) is 13.6 Å². The van der Waals surface area contributed by atoms with Crippen molar-refractivity contribution in [1.82, 2.24) is 14.8 Å². The number of sulfonamides is 1. The summed E-state index contributed by atoms with van der Waals surface area (Å²) in [6.07, 6.45) is 0. The number of hydrogen-bond donors (Lipinski definition) is 1. The van der Waals surface area contributed by atoms with Gasteiger partial charge in [0, 0.05) is 17.1 Å². The number of aromatic nitrogens is 3. The molecule has 19 heavy (non-hydrogen) atoms. The lowest BCUT2D eigenvalue weighted by Crippen LogP contribution is -2.18. The van der Waals surface area contributed by atoms with Gasteiger partial charge in [-0.15, -0.1) is 10.2 Å². The molecular weight excluding hydrogens is 311 g/mol. The van der Waals surface area contributed by atoms with Crippen LogP contribution in [0.2, 0.25) is 10.0 Å². The number of primary sulfonamides is 1. The second-order valence-electron chi connectivity index (χ2n) is 3.72. The van der Waals surface area contributed by atoms with E-state index in [0.717, 1.165) is 0 Å². The number of nitrogens with zero attached hydrogens (tertiary/aromatic N) is 3. The van der Waals surface area contributed by atoms with Crippen LogP contribution >= 0.6 is 23.2 Å². The molecule has 0 radical (unpaired) electrons. The fourth-order valence-corrected chi connectivity index (χ4v) is 2.70. The minimum atomic E-state index is -3.94. The van der Waals surface area contributed by atoms with E-state index in [2.05, 4.69) is 10.2 Å². The Morgan fingerprint density at radius 3 is 2.58 bits per heavy atom. The van der Waals surface area contributed by atoms with Gasteiger partial charge in [-0.1, -0.05) is 23.2 Å². The normalized spacial score (nSPS) is 11.8. The molecule has 0 aliphatic rings. The summed E-state index contributed by atoms with van der Waals surface area (Å²) in [4.78, 5) is 0. The summed E-state index contributed by atoms with van der Waals surface area (Å²) < 4.78 is 24.2. The van der Waals surface area contributed by atoms with E-state index >= 15 is 0 Å². The van der Waals surface area contributed by atoms with Gasteiger partial charge in [0.2, 0.25) is 0 Å². The molecule has 0 spiro atoms. The van der Waals surface area contributed by atoms with E-state index in [4.69, 9.17) is 28.3 Å². The minimum absolute atomic E-state index is 0.305. The summed E-state index contributed by atoms with van der Waals surface area (Å²) in [6, 6.07) is 4.82. The van der Waals surface area contributed by atoms with E-state index in [-0.39, 0.29) is 5.16 Å². The minimum Gasteiger partial charge on any atom is -0.297 e. The van der Waals surface area contributed by atoms with Crippen molar-refractivity contribution in [2.45, 2.75) is 18.6 Å². The lowest BCUT2D eigenvalue weighted by molar-refractivity contribution is 0.571. The van der Waals surface area contributed by atoms with Crippen LogP contribution in [0, 0.1) is 0 Å². The molecular formula is C10H10Cl2N4O2S. The van der Waals surface area contributed by atoms with Crippen LogP contribution in [-0.2, 0) is 16.6 Å². The summed E-state index contributed by atoms with van der Waals surface area (Å²) in [7, 11) is -3.94. The lowest BCUT2D eigenvalue weighted by Gasteiger charge is -2.07. The number of hydrogen-bond acceptors (Lipinski definition) is 4. The monoisotopic (exact) mass is 320 g/mol. The van der Waals surface area contributed by atoms with Gasteiger partial charge in [0.25, 0.3) is 15.2 Å². The zero-order valence-corrected chi connectivity index (χ0v) is 12.2. The third-order valence-corrected chi connectivity index (χ3v) is 3.83. The standard InChI is InChI=1S/C10H10Cl2N4O2S/c1-2-16-9(14-15-10(16)19(13,17)18)7-5-6(11)3-4-8(7)12/h3-5H,2H2,1H3,(H2,13,17,18). The van der Waals surface area contributed by atoms with Crippen molar-refractivity contribution in [3.8, 4) is 11.4 Å². The number of nitrogens with two attached hydrogens (primary N) is 1. The second kappa shape index (κ2) is 5.09. The van der Waals surface area contributed by atoms with E-state index in [0.29, 0.717) is 28.0 Å². The van der Waals surface area contributed by atoms with Gasteiger partial charge in [0.1, 0.15) is 0 Å². The molecule has 2 N–H and O–H groups in total. The molecule has 2 aromatic rings. The third-order valence-electron chi connectivity index (χ3n) is 2.46. The van der Waals surface area contributed by atoms with Crippen molar-refractivity contribution in [2.24, 2.45) is 5.14 Å². The first-order valence-corrected chi connectivity index (χ1v) is 7.56. The van der Waals surface area contributed by atoms with Gasteiger partial charge in [0.15, 0.2) is 5.82 Å². The molecule has 6 nitrogen and oxygen atoms in total. The fourth-order valence-electron chi connectivity index (χ4n) is 1.65. The van der Waals surface area contributed by atoms with Gasteiger partial charge in [-0.3, -0.25) is 4.57 Å². The Kier molecular flexibility index (Phi) is 3.82. The summed E-state index contributed by atoms with van der Waals surface area (Å²) >= 11 is 12.0. The fraction of sp³-hybridized carbons (Fsp3) is 0.200. The molecule has 0 unspecified atom stereocenters. The second-order valence-corrected chi connectivity index (χ2v) is 6.02. The predicted molar refractivity (Wildman–Crippen MR) is 72.5 cm³/mol. The molecule has 0 bridgehead atoms. The van der Waals surface area contributed by atoms with Crippen LogP contribution in [0.1, 0.15) is 6.92 Å². The van der Waals surface area contributed by atoms with E-state index < -0.39 is 10.0 Å². The molecule has 0 saturated heterocycles. The summed E-state index contributed by atoms with van der Waals surface area (Å²) in [5, 5.41) is 13.1. The van der Waals surface area contributed by atoms with Crippen molar-refractivity contribution < 1.29 is 8.42 Å². The quantitative estimate of drug-likeness (QED) is 0.935. The highest BCUT2D eigenvalue weighted by Gasteiger charge is 2.22. The first kappa shape index (κ1) is 14.3. The Morgan fingerprint density at radius 2 is 2.00 bits per heavy atom. The average molecular weight is 321 g/mol. The van der Waals surface area contributed by atoms with Crippen LogP contribution < -0.4 is 5.14 Å². The molecule has 0 saturated carbocycles. The lowest BCUT2D eigenvalue weighted by atomic mass is 10.2. The Morgan fingerprint density at radius 1 is 1.32 bits per heavy atom. The maximum absolute atomic E-state index is 11.4. The number of halogens is 2. The molecule has 9 heteroatoms. The summed E-state index contributed by atoms with van der Waals surface area (Å²) in [5.74, 6) is 0.305. The molecule has 1 aromatic carbocycles. The van der Waals surface area contributed by atoms with Crippen molar-refractivity contribution in [1.29, 1.82) is 0 Å². The molecule has 0 aliphatic carbocycles. The predicted octanol–water partition coefficient (Wildman–Crippen LogP) is 1.92. The van der Waals surface area contributed by atoms with Gasteiger partial charge in [0.05, 0.1) is 5.02 Å². The Labute approximate surface area is 120 Å². The first-order chi connectivity index (χ1) is 8.84. The summed E-state index contributed by atoms with van der Waals surface area (Å²) in [6.45, 7) is 2.08. The van der Waals surface area contributed by atoms with E-state index in [1.165, 1.54) is 4.57 Å². The third kappa shape index (κ3) is 2.74. The zero-order valence-electron chi connectivity index (χ0n) is 9.84. The molecule has 2 rings (SSSR count). The maximum Gasteiger partial charge on any atom is 0.273 e. The largest absolute Gasteiger partial charge is 0.297 e. The van der Waals surface area contributed by atoms with E-state index in [9.17, 15) is 8.42 Å². The van der Waals surface area contributed by atoms with Crippen LogP contribution in [0.4, 0.5) is 0 Å². The zero-order chi connectivity index (χ0) is 14.2. The van der Waals surface area contributed by atoms with E-state index in [1.54, 1.807) is 25.1 Å². The highest BCUT2D eigenvalue weighted by molar-refractivity contribution is 7.89. The molecule has 102 valence electrons. The van der Waals surface area contributed by atoms with Crippen molar-refractivity contribution in [2.75, 3.05) is 0 Å². The topological polar surface area (TPSA) is 90.9 Å². The maximum atomic E-state index is 11.4. The van der Waals surface area contributed by atoms with Gasteiger partial charge >= 0.3 is 0 Å². The Bertz CT molecular complexity index is 727. The smallest absolute Gasteiger partial charge is 0.273 e. The Hall–Kier alpha value is -1.15. The van der Waals surface area contributed by atoms with Crippen molar-refractivity contribution in [3.63, 3.8) is 0 Å². The number of benzene rings is 1. The van der Waals surface area contributed by atoms with Crippen LogP contribution in [0.3, 0.4) is 0 Å². The van der Waals surface area contributed by atoms with Crippen molar-refractivity contribution in [3.05, 3.63) is 28.2 Å². The Balaban J connectivity index is 2.70. The molecule has 1 heterocycles. The average Bonchev–Trinajstić information content (AvgIpc) is 2.75. The van der Waals surface area contributed by atoms with Gasteiger partial charge < -0.3 is 0 Å². The molecule has 0 fully saturated rings. The SMILES string of the molecule is CCn1c(-c2cc(Cl)ccc2Cl)nnc1S(N)(=O)=O. The molecule has 1 aromatic heterocycles. The highest BCUT2D eigenvalue weighted by Crippen LogP contribution is 2.30. The van der Waals surface area contributed by atoms with Crippen LogP contribution in [0.25, 0.3) is 11.4 Å². The molecule has 0 amide bonds. The van der Waals surface area contributed by atoms with Crippen LogP contribution in [0.5, 0.6) is 0 Å². The molecule has 0 aliphatic heterocycles. The van der Waals surface area contributed by atoms with Gasteiger partial charge in [-0.2, -0.15) is 0 Å². The van der Waals surface area contributed by atoms with Crippen LogP contribution in [0.15, 0.2) is 23.4 Å². The van der Waals surface area contributed by atoms with Crippen LogP contribution in [-0.4, -0.2) is 23.2 Å². The van der Waals surface area contributed by atoms with Gasteiger partial charge in [-0.05, 0) is 25.1 Å². The summed E-state index contributed by atoms with van der Waals surface area (Å²) in [5.41, 5.74) is 0.499.